The number of benzene rings is 1. The lowest BCUT2D eigenvalue weighted by molar-refractivity contribution is -0.144. The van der Waals surface area contributed by atoms with Gasteiger partial charge in [-0.2, -0.15) is 0 Å². The summed E-state index contributed by atoms with van der Waals surface area (Å²) < 4.78 is 5.21. The molecule has 1 unspecified atom stereocenters. The highest BCUT2D eigenvalue weighted by Crippen LogP contribution is 2.51. The van der Waals surface area contributed by atoms with Gasteiger partial charge in [0.1, 0.15) is 22.8 Å². The predicted molar refractivity (Wildman–Crippen MR) is 123 cm³/mol. The first-order valence-corrected chi connectivity index (χ1v) is 11.7. The van der Waals surface area contributed by atoms with Gasteiger partial charge in [0.2, 0.25) is 5.78 Å². The minimum atomic E-state index is -2.68. The Balaban J connectivity index is 1.59. The van der Waals surface area contributed by atoms with Crippen LogP contribution in [0.2, 0.25) is 0 Å². The number of morpholine rings is 1. The first kappa shape index (κ1) is 24.7. The van der Waals surface area contributed by atoms with Crippen molar-refractivity contribution in [3.8, 4) is 5.75 Å². The first-order valence-electron chi connectivity index (χ1n) is 11.7. The van der Waals surface area contributed by atoms with Crippen molar-refractivity contribution in [1.82, 2.24) is 4.90 Å². The molecule has 0 spiro atoms. The Morgan fingerprint density at radius 1 is 1.05 bits per heavy atom. The fourth-order valence-electron chi connectivity index (χ4n) is 5.86. The molecule has 12 nitrogen and oxygen atoms in total. The molecule has 0 bridgehead atoms. The number of rotatable bonds is 3. The van der Waals surface area contributed by atoms with Gasteiger partial charge in [-0.15, -0.1) is 0 Å². The Morgan fingerprint density at radius 2 is 1.73 bits per heavy atom. The minimum absolute atomic E-state index is 0.0692. The maximum atomic E-state index is 13.6. The Labute approximate surface area is 209 Å². The number of allylic oxidation sites excluding steroid dienone is 2. The quantitative estimate of drug-likeness (QED) is 0.202. The minimum Gasteiger partial charge on any atom is -0.511 e. The number of aliphatic hydroxyl groups excluding tert-OH is 2. The summed E-state index contributed by atoms with van der Waals surface area (Å²) in [6.07, 6.45) is -0.513. The predicted octanol–water partition coefficient (Wildman–Crippen LogP) is -0.378. The smallest absolute Gasteiger partial charge is 0.295 e. The third kappa shape index (κ3) is 3.47. The Morgan fingerprint density at radius 3 is 2.38 bits per heavy atom. The molecule has 1 saturated heterocycles. The number of carbonyl (C=O) groups excluding carboxylic acids is 5. The monoisotopic (exact) mass is 512 g/mol. The number of amides is 2. The Bertz CT molecular complexity index is 1350. The number of phenols is 1. The van der Waals surface area contributed by atoms with E-state index in [9.17, 15) is 44.4 Å². The molecule has 1 aromatic carbocycles. The number of hydrogen-bond donors (Lipinski definition) is 5. The molecule has 1 aliphatic heterocycles. The van der Waals surface area contributed by atoms with Crippen LogP contribution in [0.1, 0.15) is 39.1 Å². The fraction of sp³-hybridized carbons (Fsp3) is 0.400. The number of nitrogens with zero attached hydrogens (tertiary/aromatic N) is 1. The van der Waals surface area contributed by atoms with Crippen molar-refractivity contribution in [3.05, 3.63) is 51.5 Å². The van der Waals surface area contributed by atoms with E-state index in [-0.39, 0.29) is 67.8 Å². The van der Waals surface area contributed by atoms with E-state index in [2.05, 4.69) is 0 Å². The van der Waals surface area contributed by atoms with Crippen LogP contribution in [-0.4, -0.2) is 86.4 Å². The van der Waals surface area contributed by atoms with E-state index in [1.54, 1.807) is 0 Å². The molecule has 37 heavy (non-hydrogen) atoms. The summed E-state index contributed by atoms with van der Waals surface area (Å²) in [5.74, 6) is -9.21. The summed E-state index contributed by atoms with van der Waals surface area (Å²) in [7, 11) is 0. The molecule has 0 radical (unpaired) electrons. The second kappa shape index (κ2) is 8.53. The fourth-order valence-corrected chi connectivity index (χ4v) is 5.86. The number of ketones is 3. The van der Waals surface area contributed by atoms with Crippen molar-refractivity contribution in [3.63, 3.8) is 0 Å². The molecule has 5 rings (SSSR count). The van der Waals surface area contributed by atoms with Gasteiger partial charge in [0.05, 0.1) is 18.8 Å². The van der Waals surface area contributed by atoms with E-state index in [4.69, 9.17) is 10.5 Å². The molecule has 4 aliphatic rings. The van der Waals surface area contributed by atoms with Crippen LogP contribution >= 0.6 is 0 Å². The number of primary amides is 1. The SMILES string of the molecule is NC(=O)C1=C(O)C[C@@H]2C[C@@H]3Cc4c(C(=O)C(=O)N5CCOCC5)ccc(O)c4C(=O)C3=C(O)C2(O)C1=O. The number of aromatic hydroxyl groups is 1. The summed E-state index contributed by atoms with van der Waals surface area (Å²) in [5, 5.41) is 43.1. The van der Waals surface area contributed by atoms with Gasteiger partial charge in [0.15, 0.2) is 11.4 Å². The van der Waals surface area contributed by atoms with Gasteiger partial charge in [-0.3, -0.25) is 24.0 Å². The van der Waals surface area contributed by atoms with Gasteiger partial charge in [-0.25, -0.2) is 0 Å². The van der Waals surface area contributed by atoms with Gasteiger partial charge in [-0.05, 0) is 36.5 Å². The highest BCUT2D eigenvalue weighted by Gasteiger charge is 2.59. The molecule has 0 aromatic heterocycles. The van der Waals surface area contributed by atoms with Crippen LogP contribution in [0.25, 0.3) is 0 Å². The average molecular weight is 512 g/mol. The van der Waals surface area contributed by atoms with Gasteiger partial charge in [0, 0.05) is 36.6 Å². The number of ether oxygens (including phenoxy) is 1. The molecule has 6 N–H and O–H groups in total. The van der Waals surface area contributed by atoms with Crippen LogP contribution in [0.15, 0.2) is 34.8 Å². The third-order valence-corrected chi connectivity index (χ3v) is 7.68. The number of hydrogen-bond acceptors (Lipinski definition) is 10. The van der Waals surface area contributed by atoms with Crippen molar-refractivity contribution in [2.24, 2.45) is 17.6 Å². The highest BCUT2D eigenvalue weighted by molar-refractivity contribution is 6.43. The zero-order valence-electron chi connectivity index (χ0n) is 19.5. The van der Waals surface area contributed by atoms with Crippen LogP contribution in [0.3, 0.4) is 0 Å². The molecule has 2 amide bonds. The Hall–Kier alpha value is -4.03. The van der Waals surface area contributed by atoms with Crippen molar-refractivity contribution >= 4 is 29.2 Å². The van der Waals surface area contributed by atoms with E-state index in [1.807, 2.05) is 0 Å². The van der Waals surface area contributed by atoms with Crippen LogP contribution < -0.4 is 5.73 Å². The lowest BCUT2D eigenvalue weighted by atomic mass is 9.60. The zero-order chi connectivity index (χ0) is 26.8. The zero-order valence-corrected chi connectivity index (χ0v) is 19.5. The van der Waals surface area contributed by atoms with Crippen molar-refractivity contribution in [1.29, 1.82) is 0 Å². The maximum Gasteiger partial charge on any atom is 0.295 e. The highest BCUT2D eigenvalue weighted by atomic mass is 16.5. The molecule has 1 fully saturated rings. The lowest BCUT2D eigenvalue weighted by Gasteiger charge is -2.45. The van der Waals surface area contributed by atoms with Gasteiger partial charge >= 0.3 is 0 Å². The molecule has 3 atom stereocenters. The second-order valence-corrected chi connectivity index (χ2v) is 9.63. The second-order valence-electron chi connectivity index (χ2n) is 9.63. The van der Waals surface area contributed by atoms with Crippen LogP contribution in [0.4, 0.5) is 0 Å². The van der Waals surface area contributed by atoms with E-state index in [0.29, 0.717) is 0 Å². The number of nitrogens with two attached hydrogens (primary N) is 1. The van der Waals surface area contributed by atoms with Gasteiger partial charge in [0.25, 0.3) is 17.6 Å². The van der Waals surface area contributed by atoms with Crippen molar-refractivity contribution in [2.75, 3.05) is 26.3 Å². The van der Waals surface area contributed by atoms with Gasteiger partial charge < -0.3 is 35.8 Å². The Kier molecular flexibility index (Phi) is 5.68. The number of phenolic OH excluding ortho intramolecular Hbond substituents is 1. The normalized spacial score (nSPS) is 27.4. The van der Waals surface area contributed by atoms with E-state index in [1.165, 1.54) is 11.0 Å². The summed E-state index contributed by atoms with van der Waals surface area (Å²) in [5.41, 5.74) is 1.03. The summed E-state index contributed by atoms with van der Waals surface area (Å²) in [4.78, 5) is 65.6. The maximum absolute atomic E-state index is 13.6. The first-order chi connectivity index (χ1) is 17.5. The third-order valence-electron chi connectivity index (χ3n) is 7.68. The van der Waals surface area contributed by atoms with E-state index in [0.717, 1.165) is 6.07 Å². The summed E-state index contributed by atoms with van der Waals surface area (Å²) in [6, 6.07) is 2.35. The number of fused-ring (bicyclic) bond motifs is 3. The molecule has 3 aliphatic carbocycles. The summed E-state index contributed by atoms with van der Waals surface area (Å²) >= 11 is 0. The largest absolute Gasteiger partial charge is 0.511 e. The molecular weight excluding hydrogens is 488 g/mol. The van der Waals surface area contributed by atoms with Crippen LogP contribution in [0, 0.1) is 11.8 Å². The van der Waals surface area contributed by atoms with Crippen LogP contribution in [-0.2, 0) is 25.5 Å². The number of carbonyl (C=O) groups is 5. The molecular formula is C25H24N2O10. The molecule has 12 heteroatoms. The van der Waals surface area contributed by atoms with Crippen molar-refractivity contribution < 1.29 is 49.1 Å². The van der Waals surface area contributed by atoms with Crippen molar-refractivity contribution in [2.45, 2.75) is 24.9 Å². The van der Waals surface area contributed by atoms with Gasteiger partial charge in [-0.1, -0.05) is 0 Å². The lowest BCUT2D eigenvalue weighted by Crippen LogP contribution is -2.57. The molecule has 1 heterocycles. The van der Waals surface area contributed by atoms with E-state index >= 15 is 0 Å². The summed E-state index contributed by atoms with van der Waals surface area (Å²) in [6.45, 7) is 1.02. The topological polar surface area (TPSA) is 205 Å². The molecule has 1 aromatic rings. The average Bonchev–Trinajstić information content (AvgIpc) is 2.86. The number of Topliss-reactive ketones (excluding diaryl/α,β-unsaturated/α-hetero) is 3. The standard InChI is InChI=1S/C25H24N2O10/c26-23(34)18-15(29)9-11-7-10-8-13-12(19(30)24(35)27-3-5-37-6-4-27)1-2-14(28)17(13)20(31)16(10)21(32)25(11,36)22(18)33/h1-2,10-11,28-29,32,36H,3-9H2,(H2,26,34)/t10-,11+,25?/m1/s1. The molecule has 0 saturated carbocycles. The molecule has 194 valence electrons. The number of aliphatic hydroxyl groups is 3. The van der Waals surface area contributed by atoms with E-state index < -0.39 is 69.4 Å². The van der Waals surface area contributed by atoms with Crippen LogP contribution in [0.5, 0.6) is 5.75 Å².